The molecule has 2 atom stereocenters. The summed E-state index contributed by atoms with van der Waals surface area (Å²) in [5.74, 6) is 0.144. The molecule has 0 saturated carbocycles. The van der Waals surface area contributed by atoms with Gasteiger partial charge in [0.15, 0.2) is 0 Å². The molecule has 0 radical (unpaired) electrons. The second-order valence-electron chi connectivity index (χ2n) is 7.58. The van der Waals surface area contributed by atoms with Crippen LogP contribution in [0.1, 0.15) is 38.3 Å². The Labute approximate surface area is 189 Å². The summed E-state index contributed by atoms with van der Waals surface area (Å²) in [6.07, 6.45) is 4.46. The summed E-state index contributed by atoms with van der Waals surface area (Å²) in [5, 5.41) is 16.9. The minimum atomic E-state index is -0.913. The molecule has 32 heavy (non-hydrogen) atoms. The number of aliphatic hydroxyl groups excluding tert-OH is 1. The van der Waals surface area contributed by atoms with Crippen molar-refractivity contribution < 1.29 is 19.4 Å². The molecule has 2 unspecified atom stereocenters. The van der Waals surface area contributed by atoms with Crippen LogP contribution in [-0.4, -0.2) is 36.1 Å². The van der Waals surface area contributed by atoms with Crippen LogP contribution in [0.25, 0.3) is 0 Å². The normalized spacial score (nSPS) is 16.7. The number of aliphatic hydroxyl groups is 1. The molecule has 2 aromatic rings. The number of para-hydroxylation sites is 1. The number of esters is 1. The SMILES string of the molecule is C=C(CC)C(=O)OCC(O)COc1ccc(C2CC(/C=C/C)=NN2c2ccccc2)cc1. The summed E-state index contributed by atoms with van der Waals surface area (Å²) < 4.78 is 10.7. The molecule has 1 heterocycles. The van der Waals surface area contributed by atoms with Gasteiger partial charge in [-0.15, -0.1) is 0 Å². The lowest BCUT2D eigenvalue weighted by Gasteiger charge is -2.24. The van der Waals surface area contributed by atoms with E-state index in [-0.39, 0.29) is 19.3 Å². The summed E-state index contributed by atoms with van der Waals surface area (Å²) in [7, 11) is 0. The average Bonchev–Trinajstić information content (AvgIpc) is 3.25. The average molecular weight is 435 g/mol. The van der Waals surface area contributed by atoms with Gasteiger partial charge in [0.1, 0.15) is 25.1 Å². The third-order valence-corrected chi connectivity index (χ3v) is 5.14. The van der Waals surface area contributed by atoms with Crippen molar-refractivity contribution in [3.8, 4) is 5.75 Å². The second kappa shape index (κ2) is 11.3. The Kier molecular flexibility index (Phi) is 8.22. The molecule has 0 spiro atoms. The fourth-order valence-corrected chi connectivity index (χ4v) is 3.35. The summed E-state index contributed by atoms with van der Waals surface area (Å²) in [6, 6.07) is 18.0. The van der Waals surface area contributed by atoms with E-state index in [0.717, 1.165) is 23.4 Å². The van der Waals surface area contributed by atoms with E-state index in [0.29, 0.717) is 17.7 Å². The largest absolute Gasteiger partial charge is 0.491 e. The van der Waals surface area contributed by atoms with Crippen LogP contribution in [0.15, 0.2) is 84.0 Å². The maximum absolute atomic E-state index is 11.6. The highest BCUT2D eigenvalue weighted by atomic mass is 16.5. The quantitative estimate of drug-likeness (QED) is 0.429. The first-order chi connectivity index (χ1) is 15.5. The Morgan fingerprint density at radius 3 is 2.59 bits per heavy atom. The van der Waals surface area contributed by atoms with Gasteiger partial charge in [0, 0.05) is 12.0 Å². The highest BCUT2D eigenvalue weighted by Gasteiger charge is 2.28. The van der Waals surface area contributed by atoms with Gasteiger partial charge < -0.3 is 14.6 Å². The first kappa shape index (κ1) is 23.3. The lowest BCUT2D eigenvalue weighted by molar-refractivity contribution is -0.142. The molecule has 0 amide bonds. The first-order valence-corrected chi connectivity index (χ1v) is 10.8. The van der Waals surface area contributed by atoms with Crippen LogP contribution >= 0.6 is 0 Å². The van der Waals surface area contributed by atoms with Crippen molar-refractivity contribution >= 4 is 17.4 Å². The van der Waals surface area contributed by atoms with E-state index < -0.39 is 12.1 Å². The van der Waals surface area contributed by atoms with E-state index in [4.69, 9.17) is 14.6 Å². The Bertz CT molecular complexity index is 967. The molecule has 2 aromatic carbocycles. The van der Waals surface area contributed by atoms with Crippen LogP contribution in [0.2, 0.25) is 0 Å². The molecule has 6 nitrogen and oxygen atoms in total. The molecule has 0 saturated heterocycles. The van der Waals surface area contributed by atoms with Gasteiger partial charge in [-0.3, -0.25) is 5.01 Å². The minimum Gasteiger partial charge on any atom is -0.491 e. The zero-order valence-electron chi connectivity index (χ0n) is 18.6. The molecule has 3 rings (SSSR count). The minimum absolute atomic E-state index is 0.0271. The fourth-order valence-electron chi connectivity index (χ4n) is 3.35. The number of hydrogen-bond donors (Lipinski definition) is 1. The van der Waals surface area contributed by atoms with Gasteiger partial charge in [-0.2, -0.15) is 5.10 Å². The summed E-state index contributed by atoms with van der Waals surface area (Å²) in [6.45, 7) is 7.33. The van der Waals surface area contributed by atoms with Crippen LogP contribution in [0.4, 0.5) is 5.69 Å². The third kappa shape index (κ3) is 6.08. The number of ether oxygens (including phenoxy) is 2. The lowest BCUT2D eigenvalue weighted by Crippen LogP contribution is -2.25. The van der Waals surface area contributed by atoms with E-state index in [1.807, 2.05) is 73.5 Å². The number of hydrogen-bond acceptors (Lipinski definition) is 6. The highest BCUT2D eigenvalue weighted by Crippen LogP contribution is 2.35. The van der Waals surface area contributed by atoms with Crippen molar-refractivity contribution in [3.63, 3.8) is 0 Å². The molecule has 1 N–H and O–H groups in total. The monoisotopic (exact) mass is 434 g/mol. The van der Waals surface area contributed by atoms with Gasteiger partial charge in [-0.1, -0.05) is 49.9 Å². The van der Waals surface area contributed by atoms with Crippen LogP contribution in [-0.2, 0) is 9.53 Å². The second-order valence-corrected chi connectivity index (χ2v) is 7.58. The van der Waals surface area contributed by atoms with E-state index in [1.54, 1.807) is 0 Å². The van der Waals surface area contributed by atoms with Gasteiger partial charge in [0.2, 0.25) is 0 Å². The van der Waals surface area contributed by atoms with Crippen LogP contribution in [0.5, 0.6) is 5.75 Å². The van der Waals surface area contributed by atoms with Crippen molar-refractivity contribution in [2.24, 2.45) is 5.10 Å². The van der Waals surface area contributed by atoms with Crippen molar-refractivity contribution in [1.82, 2.24) is 0 Å². The van der Waals surface area contributed by atoms with Gasteiger partial charge in [0.05, 0.1) is 17.4 Å². The van der Waals surface area contributed by atoms with Crippen molar-refractivity contribution in [1.29, 1.82) is 0 Å². The molecule has 0 bridgehead atoms. The predicted molar refractivity (Wildman–Crippen MR) is 127 cm³/mol. The lowest BCUT2D eigenvalue weighted by atomic mass is 10.0. The molecule has 168 valence electrons. The van der Waals surface area contributed by atoms with Crippen molar-refractivity contribution in [2.75, 3.05) is 18.2 Å². The molecular weight excluding hydrogens is 404 g/mol. The Balaban J connectivity index is 1.60. The number of carbonyl (C=O) groups is 1. The smallest absolute Gasteiger partial charge is 0.333 e. The van der Waals surface area contributed by atoms with Crippen molar-refractivity contribution in [3.05, 3.63) is 84.5 Å². The number of benzene rings is 2. The van der Waals surface area contributed by atoms with E-state index in [2.05, 4.69) is 18.7 Å². The number of allylic oxidation sites excluding steroid dienone is 2. The molecular formula is C26H30N2O4. The van der Waals surface area contributed by atoms with E-state index in [9.17, 15) is 9.90 Å². The number of carbonyl (C=O) groups excluding carboxylic acids is 1. The molecule has 1 aliphatic rings. The summed E-state index contributed by atoms with van der Waals surface area (Å²) in [4.78, 5) is 11.6. The number of rotatable bonds is 10. The van der Waals surface area contributed by atoms with Crippen LogP contribution < -0.4 is 9.75 Å². The Morgan fingerprint density at radius 2 is 1.94 bits per heavy atom. The van der Waals surface area contributed by atoms with Crippen LogP contribution in [0.3, 0.4) is 0 Å². The summed E-state index contributed by atoms with van der Waals surface area (Å²) >= 11 is 0. The highest BCUT2D eigenvalue weighted by molar-refractivity contribution is 5.98. The zero-order chi connectivity index (χ0) is 22.9. The standard InChI is InChI=1S/C26H30N2O4/c1-4-9-21-16-25(28(27-21)22-10-7-6-8-11-22)20-12-14-24(15-13-20)31-17-23(29)18-32-26(30)19(3)5-2/h4,6-15,23,25,29H,3,5,16-18H2,1-2H3/b9-4+. The number of anilines is 1. The number of nitrogens with zero attached hydrogens (tertiary/aromatic N) is 2. The van der Waals surface area contributed by atoms with Gasteiger partial charge in [-0.05, 0) is 49.2 Å². The fraction of sp³-hybridized carbons (Fsp3) is 0.308. The molecule has 1 aliphatic heterocycles. The Morgan fingerprint density at radius 1 is 1.22 bits per heavy atom. The maximum Gasteiger partial charge on any atom is 0.333 e. The first-order valence-electron chi connectivity index (χ1n) is 10.8. The third-order valence-electron chi connectivity index (χ3n) is 5.14. The van der Waals surface area contributed by atoms with E-state index >= 15 is 0 Å². The maximum atomic E-state index is 11.6. The topological polar surface area (TPSA) is 71.4 Å². The Hall–Kier alpha value is -3.38. The van der Waals surface area contributed by atoms with Crippen molar-refractivity contribution in [2.45, 2.75) is 38.8 Å². The molecule has 0 aliphatic carbocycles. The van der Waals surface area contributed by atoms with Gasteiger partial charge in [0.25, 0.3) is 0 Å². The molecule has 0 fully saturated rings. The van der Waals surface area contributed by atoms with Gasteiger partial charge in [-0.25, -0.2) is 4.79 Å². The van der Waals surface area contributed by atoms with E-state index in [1.165, 1.54) is 0 Å². The predicted octanol–water partition coefficient (Wildman–Crippen LogP) is 4.82. The summed E-state index contributed by atoms with van der Waals surface area (Å²) in [5.41, 5.74) is 3.58. The molecule has 0 aromatic heterocycles. The zero-order valence-corrected chi connectivity index (χ0v) is 18.6. The van der Waals surface area contributed by atoms with Gasteiger partial charge >= 0.3 is 5.97 Å². The number of hydrazone groups is 1. The van der Waals surface area contributed by atoms with Crippen LogP contribution in [0, 0.1) is 0 Å². The molecule has 6 heteroatoms.